The fourth-order valence-electron chi connectivity index (χ4n) is 3.08. The van der Waals surface area contributed by atoms with Crippen molar-refractivity contribution in [1.29, 1.82) is 0 Å². The highest BCUT2D eigenvalue weighted by Gasteiger charge is 2.46. The van der Waals surface area contributed by atoms with Gasteiger partial charge in [-0.2, -0.15) is 9.97 Å². The van der Waals surface area contributed by atoms with Gasteiger partial charge >= 0.3 is 12.0 Å². The monoisotopic (exact) mass is 409 g/mol. The lowest BCUT2D eigenvalue weighted by atomic mass is 9.79. The highest BCUT2D eigenvalue weighted by atomic mass is 16.6. The van der Waals surface area contributed by atoms with E-state index in [-0.39, 0.29) is 17.8 Å². The summed E-state index contributed by atoms with van der Waals surface area (Å²) in [5.74, 6) is -0.263. The number of nitrogens with two attached hydrogens (primary N) is 1. The van der Waals surface area contributed by atoms with E-state index in [4.69, 9.17) is 24.7 Å². The summed E-state index contributed by atoms with van der Waals surface area (Å²) < 4.78 is 21.3. The van der Waals surface area contributed by atoms with E-state index in [1.54, 1.807) is 0 Å². The fraction of sp³-hybridized carbons (Fsp3) is 0.227. The van der Waals surface area contributed by atoms with E-state index in [2.05, 4.69) is 9.97 Å². The summed E-state index contributed by atoms with van der Waals surface area (Å²) in [4.78, 5) is 21.2. The van der Waals surface area contributed by atoms with Gasteiger partial charge in [-0.1, -0.05) is 60.7 Å². The first-order chi connectivity index (χ1) is 14.5. The number of methoxy groups -OCH3 is 3. The SMILES string of the molecule is COC(=O)C(Oc1nc(OC)cc(OC)n1)C(N)(c1ccccc1)c1ccccc1. The second kappa shape index (κ2) is 9.23. The molecule has 2 aromatic carbocycles. The zero-order valence-electron chi connectivity index (χ0n) is 16.9. The summed E-state index contributed by atoms with van der Waals surface area (Å²) in [6.07, 6.45) is -1.30. The maximum atomic E-state index is 12.9. The van der Waals surface area contributed by atoms with Crippen LogP contribution in [0.5, 0.6) is 17.8 Å². The van der Waals surface area contributed by atoms with Crippen LogP contribution in [0.3, 0.4) is 0 Å². The van der Waals surface area contributed by atoms with Crippen molar-refractivity contribution in [3.63, 3.8) is 0 Å². The van der Waals surface area contributed by atoms with Crippen LogP contribution in [0, 0.1) is 0 Å². The van der Waals surface area contributed by atoms with Gasteiger partial charge in [-0.05, 0) is 11.1 Å². The molecule has 0 saturated heterocycles. The van der Waals surface area contributed by atoms with E-state index in [9.17, 15) is 4.79 Å². The topological polar surface area (TPSA) is 106 Å². The Bertz CT molecular complexity index is 921. The van der Waals surface area contributed by atoms with Crippen LogP contribution in [0.2, 0.25) is 0 Å². The van der Waals surface area contributed by atoms with Gasteiger partial charge in [0.25, 0.3) is 0 Å². The summed E-state index contributed by atoms with van der Waals surface area (Å²) in [6.45, 7) is 0. The number of ether oxygens (including phenoxy) is 4. The van der Waals surface area contributed by atoms with Gasteiger partial charge in [0.05, 0.1) is 27.4 Å². The van der Waals surface area contributed by atoms with E-state index in [0.29, 0.717) is 11.1 Å². The van der Waals surface area contributed by atoms with Crippen LogP contribution >= 0.6 is 0 Å². The van der Waals surface area contributed by atoms with Crippen molar-refractivity contribution >= 4 is 5.97 Å². The number of aromatic nitrogens is 2. The highest BCUT2D eigenvalue weighted by molar-refractivity contribution is 5.78. The zero-order chi connectivity index (χ0) is 21.6. The Kier molecular flexibility index (Phi) is 6.48. The smallest absolute Gasteiger partial charge is 0.349 e. The van der Waals surface area contributed by atoms with Gasteiger partial charge in [0.2, 0.25) is 17.9 Å². The summed E-state index contributed by atoms with van der Waals surface area (Å²) in [6, 6.07) is 19.7. The summed E-state index contributed by atoms with van der Waals surface area (Å²) in [5, 5.41) is 0. The number of carbonyl (C=O) groups excluding carboxylic acids is 1. The standard InChI is InChI=1S/C22H23N3O5/c1-27-17-14-18(28-2)25-21(24-17)30-19(20(26)29-3)22(23,15-10-6-4-7-11-15)16-12-8-5-9-13-16/h4-14,19H,23H2,1-3H3. The molecular weight excluding hydrogens is 386 g/mol. The van der Waals surface area contributed by atoms with E-state index in [1.807, 2.05) is 60.7 Å². The summed E-state index contributed by atoms with van der Waals surface area (Å²) in [5.41, 5.74) is 6.82. The van der Waals surface area contributed by atoms with Crippen LogP contribution in [0.25, 0.3) is 0 Å². The normalized spacial score (nSPS) is 12.0. The molecule has 3 rings (SSSR count). The van der Waals surface area contributed by atoms with E-state index in [1.165, 1.54) is 27.4 Å². The van der Waals surface area contributed by atoms with Gasteiger partial charge in [-0.3, -0.25) is 0 Å². The van der Waals surface area contributed by atoms with Crippen molar-refractivity contribution in [2.75, 3.05) is 21.3 Å². The maximum Gasteiger partial charge on any atom is 0.349 e. The molecule has 0 spiro atoms. The molecule has 0 bridgehead atoms. The third kappa shape index (κ3) is 4.18. The molecule has 0 amide bonds. The molecule has 0 saturated carbocycles. The molecular formula is C22H23N3O5. The van der Waals surface area contributed by atoms with Crippen LogP contribution in [0.15, 0.2) is 66.7 Å². The van der Waals surface area contributed by atoms with Gasteiger partial charge in [-0.15, -0.1) is 0 Å². The number of esters is 1. The second-order valence-corrected chi connectivity index (χ2v) is 6.36. The lowest BCUT2D eigenvalue weighted by Gasteiger charge is -2.36. The molecule has 1 heterocycles. The summed E-state index contributed by atoms with van der Waals surface area (Å²) >= 11 is 0. The fourth-order valence-corrected chi connectivity index (χ4v) is 3.08. The van der Waals surface area contributed by atoms with Gasteiger partial charge < -0.3 is 24.7 Å². The van der Waals surface area contributed by atoms with Gasteiger partial charge in [0.1, 0.15) is 5.54 Å². The van der Waals surface area contributed by atoms with Crippen molar-refractivity contribution < 1.29 is 23.7 Å². The molecule has 156 valence electrons. The number of benzene rings is 2. The van der Waals surface area contributed by atoms with Crippen molar-refractivity contribution in [2.24, 2.45) is 5.73 Å². The number of hydrogen-bond donors (Lipinski definition) is 1. The molecule has 0 fully saturated rings. The molecule has 1 atom stereocenters. The lowest BCUT2D eigenvalue weighted by molar-refractivity contribution is -0.152. The largest absolute Gasteiger partial charge is 0.481 e. The molecule has 2 N–H and O–H groups in total. The average molecular weight is 409 g/mol. The van der Waals surface area contributed by atoms with Crippen molar-refractivity contribution in [3.8, 4) is 17.8 Å². The quantitative estimate of drug-likeness (QED) is 0.565. The zero-order valence-corrected chi connectivity index (χ0v) is 16.9. The Morgan fingerprint density at radius 2 is 1.33 bits per heavy atom. The van der Waals surface area contributed by atoms with Gasteiger partial charge in [0, 0.05) is 0 Å². The minimum absolute atomic E-state index is 0.136. The Morgan fingerprint density at radius 1 is 0.867 bits per heavy atom. The second-order valence-electron chi connectivity index (χ2n) is 6.36. The molecule has 3 aromatic rings. The average Bonchev–Trinajstić information content (AvgIpc) is 2.82. The third-order valence-electron chi connectivity index (χ3n) is 4.63. The van der Waals surface area contributed by atoms with Crippen LogP contribution in [-0.2, 0) is 15.1 Å². The van der Waals surface area contributed by atoms with Gasteiger partial charge in [0.15, 0.2) is 0 Å². The van der Waals surface area contributed by atoms with Crippen molar-refractivity contribution in [3.05, 3.63) is 77.9 Å². The van der Waals surface area contributed by atoms with Crippen molar-refractivity contribution in [1.82, 2.24) is 9.97 Å². The van der Waals surface area contributed by atoms with E-state index in [0.717, 1.165) is 0 Å². The Labute approximate surface area is 174 Å². The first-order valence-corrected chi connectivity index (χ1v) is 9.14. The Hall–Kier alpha value is -3.65. The molecule has 1 unspecified atom stereocenters. The number of hydrogen-bond acceptors (Lipinski definition) is 8. The third-order valence-corrected chi connectivity index (χ3v) is 4.63. The predicted octanol–water partition coefficient (Wildman–Crippen LogP) is 2.32. The molecule has 0 aliphatic carbocycles. The van der Waals surface area contributed by atoms with Crippen molar-refractivity contribution in [2.45, 2.75) is 11.6 Å². The van der Waals surface area contributed by atoms with Crippen LogP contribution in [0.1, 0.15) is 11.1 Å². The maximum absolute atomic E-state index is 12.9. The molecule has 0 radical (unpaired) electrons. The molecule has 0 aliphatic rings. The first-order valence-electron chi connectivity index (χ1n) is 9.14. The van der Waals surface area contributed by atoms with Crippen LogP contribution < -0.4 is 19.9 Å². The van der Waals surface area contributed by atoms with E-state index < -0.39 is 17.6 Å². The molecule has 0 aliphatic heterocycles. The lowest BCUT2D eigenvalue weighted by Crippen LogP contribution is -2.56. The number of carbonyl (C=O) groups is 1. The molecule has 8 nitrogen and oxygen atoms in total. The minimum Gasteiger partial charge on any atom is -0.481 e. The molecule has 8 heteroatoms. The van der Waals surface area contributed by atoms with Crippen LogP contribution in [-0.4, -0.2) is 43.4 Å². The highest BCUT2D eigenvalue weighted by Crippen LogP contribution is 2.34. The first kappa shape index (κ1) is 21.1. The predicted molar refractivity (Wildman–Crippen MR) is 109 cm³/mol. The number of rotatable bonds is 8. The molecule has 1 aromatic heterocycles. The molecule has 30 heavy (non-hydrogen) atoms. The summed E-state index contributed by atoms with van der Waals surface area (Å²) in [7, 11) is 4.16. The van der Waals surface area contributed by atoms with Crippen LogP contribution in [0.4, 0.5) is 0 Å². The number of nitrogens with zero attached hydrogens (tertiary/aromatic N) is 2. The Morgan fingerprint density at radius 3 is 1.73 bits per heavy atom. The Balaban J connectivity index is 2.15. The van der Waals surface area contributed by atoms with Gasteiger partial charge in [-0.25, -0.2) is 4.79 Å². The van der Waals surface area contributed by atoms with E-state index >= 15 is 0 Å². The minimum atomic E-state index is -1.39.